The second kappa shape index (κ2) is 8.45. The molecule has 1 aromatic carbocycles. The van der Waals surface area contributed by atoms with Crippen LogP contribution in [0.4, 0.5) is 4.39 Å². The molecule has 1 aromatic rings. The van der Waals surface area contributed by atoms with Gasteiger partial charge in [0.2, 0.25) is 5.91 Å². The van der Waals surface area contributed by atoms with Gasteiger partial charge in [0.1, 0.15) is 5.82 Å². The van der Waals surface area contributed by atoms with Gasteiger partial charge in [-0.05, 0) is 31.2 Å². The molecule has 0 spiro atoms. The zero-order valence-electron chi connectivity index (χ0n) is 10.2. The van der Waals surface area contributed by atoms with E-state index in [0.29, 0.717) is 24.9 Å². The van der Waals surface area contributed by atoms with Crippen LogP contribution in [0.15, 0.2) is 22.7 Å². The normalized spacial score (nSPS) is 9.78. The molecule has 0 aliphatic rings. The number of carbonyl (C=O) groups excluding carboxylic acids is 1. The number of hydrogen-bond donors (Lipinski definition) is 1. The highest BCUT2D eigenvalue weighted by Crippen LogP contribution is 2.17. The summed E-state index contributed by atoms with van der Waals surface area (Å²) in [5.41, 5.74) is 5.84. The van der Waals surface area contributed by atoms with Crippen LogP contribution in [0.2, 0.25) is 0 Å². The number of hydrogen-bond acceptors (Lipinski definition) is 2. The lowest BCUT2D eigenvalue weighted by molar-refractivity contribution is -0.130. The summed E-state index contributed by atoms with van der Waals surface area (Å²) in [6.45, 7) is 0.763. The van der Waals surface area contributed by atoms with E-state index in [0.717, 1.165) is 4.47 Å². The molecule has 0 aliphatic carbocycles. The second-order valence-electron chi connectivity index (χ2n) is 3.88. The highest BCUT2D eigenvalue weighted by molar-refractivity contribution is 9.10. The number of benzene rings is 1. The summed E-state index contributed by atoms with van der Waals surface area (Å²) in [6.07, 6.45) is 1.06. The zero-order valence-corrected chi connectivity index (χ0v) is 12.6. The number of halogens is 3. The predicted molar refractivity (Wildman–Crippen MR) is 76.1 cm³/mol. The molecule has 0 aliphatic heterocycles. The molecule has 0 heterocycles. The van der Waals surface area contributed by atoms with Gasteiger partial charge in [-0.15, -0.1) is 12.4 Å². The summed E-state index contributed by atoms with van der Waals surface area (Å²) in [4.78, 5) is 13.2. The van der Waals surface area contributed by atoms with Gasteiger partial charge in [-0.1, -0.05) is 15.9 Å². The van der Waals surface area contributed by atoms with Crippen LogP contribution in [0.1, 0.15) is 18.4 Å². The summed E-state index contributed by atoms with van der Waals surface area (Å²) in [5, 5.41) is 0. The number of carbonyl (C=O) groups is 1. The quantitative estimate of drug-likeness (QED) is 0.896. The maximum atomic E-state index is 13.5. The number of rotatable bonds is 5. The SMILES string of the molecule is CN(Cc1cc(Br)ccc1F)C(=O)CCCN.Cl. The van der Waals surface area contributed by atoms with Crippen molar-refractivity contribution in [1.82, 2.24) is 4.90 Å². The molecule has 0 bridgehead atoms. The van der Waals surface area contributed by atoms with Crippen LogP contribution < -0.4 is 5.73 Å². The lowest BCUT2D eigenvalue weighted by Gasteiger charge is -2.17. The molecule has 0 atom stereocenters. The molecule has 2 N–H and O–H groups in total. The van der Waals surface area contributed by atoms with E-state index in [9.17, 15) is 9.18 Å². The van der Waals surface area contributed by atoms with E-state index >= 15 is 0 Å². The predicted octanol–water partition coefficient (Wildman–Crippen LogP) is 2.71. The molecular weight excluding hydrogens is 322 g/mol. The van der Waals surface area contributed by atoms with E-state index in [1.54, 1.807) is 19.2 Å². The molecule has 1 amide bonds. The van der Waals surface area contributed by atoms with Crippen molar-refractivity contribution in [2.24, 2.45) is 5.73 Å². The third kappa shape index (κ3) is 5.33. The Kier molecular flexibility index (Phi) is 8.15. The van der Waals surface area contributed by atoms with E-state index < -0.39 is 0 Å². The first-order chi connectivity index (χ1) is 8.04. The number of amides is 1. The number of nitrogens with zero attached hydrogens (tertiary/aromatic N) is 1. The van der Waals surface area contributed by atoms with Crippen molar-refractivity contribution in [3.8, 4) is 0 Å². The summed E-state index contributed by atoms with van der Waals surface area (Å²) in [7, 11) is 1.67. The summed E-state index contributed by atoms with van der Waals surface area (Å²) in [6, 6.07) is 4.70. The standard InChI is InChI=1S/C12H16BrFN2O.ClH/c1-16(12(17)3-2-6-15)8-9-7-10(13)4-5-11(9)14;/h4-5,7H,2-3,6,8,15H2,1H3;1H. The lowest BCUT2D eigenvalue weighted by atomic mass is 10.2. The molecule has 0 saturated carbocycles. The third-order valence-corrected chi connectivity index (χ3v) is 2.93. The van der Waals surface area contributed by atoms with Crippen LogP contribution in [0.5, 0.6) is 0 Å². The zero-order chi connectivity index (χ0) is 12.8. The average Bonchev–Trinajstić information content (AvgIpc) is 2.30. The summed E-state index contributed by atoms with van der Waals surface area (Å²) in [5.74, 6) is -0.318. The van der Waals surface area contributed by atoms with E-state index in [4.69, 9.17) is 5.73 Å². The van der Waals surface area contributed by atoms with Gasteiger partial charge in [-0.25, -0.2) is 4.39 Å². The monoisotopic (exact) mass is 338 g/mol. The van der Waals surface area contributed by atoms with Crippen LogP contribution in [0.3, 0.4) is 0 Å². The largest absolute Gasteiger partial charge is 0.341 e. The molecule has 0 fully saturated rings. The van der Waals surface area contributed by atoms with Crippen LogP contribution in [-0.2, 0) is 11.3 Å². The average molecular weight is 340 g/mol. The van der Waals surface area contributed by atoms with Gasteiger partial charge in [0.05, 0.1) is 0 Å². The topological polar surface area (TPSA) is 46.3 Å². The van der Waals surface area contributed by atoms with Gasteiger partial charge in [0.15, 0.2) is 0 Å². The van der Waals surface area contributed by atoms with Crippen molar-refractivity contribution in [3.05, 3.63) is 34.1 Å². The molecular formula is C12H17BrClFN2O. The maximum absolute atomic E-state index is 13.5. The minimum atomic E-state index is -0.299. The summed E-state index contributed by atoms with van der Waals surface area (Å²) >= 11 is 3.28. The Hall–Kier alpha value is -0.650. The van der Waals surface area contributed by atoms with Crippen molar-refractivity contribution in [1.29, 1.82) is 0 Å². The first-order valence-corrected chi connectivity index (χ1v) is 6.22. The van der Waals surface area contributed by atoms with Gasteiger partial charge in [-0.2, -0.15) is 0 Å². The van der Waals surface area contributed by atoms with Gasteiger partial charge >= 0.3 is 0 Å². The third-order valence-electron chi connectivity index (χ3n) is 2.44. The molecule has 102 valence electrons. The molecule has 0 aromatic heterocycles. The fourth-order valence-corrected chi connectivity index (χ4v) is 1.86. The Morgan fingerprint density at radius 3 is 2.78 bits per heavy atom. The van der Waals surface area contributed by atoms with E-state index in [-0.39, 0.29) is 30.7 Å². The van der Waals surface area contributed by atoms with Crippen LogP contribution >= 0.6 is 28.3 Å². The minimum absolute atomic E-state index is 0. The smallest absolute Gasteiger partial charge is 0.222 e. The molecule has 1 rings (SSSR count). The van der Waals surface area contributed by atoms with Gasteiger partial charge in [-0.3, -0.25) is 4.79 Å². The maximum Gasteiger partial charge on any atom is 0.222 e. The molecule has 18 heavy (non-hydrogen) atoms. The van der Waals surface area contributed by atoms with Gasteiger partial charge in [0, 0.05) is 30.0 Å². The fourth-order valence-electron chi connectivity index (χ4n) is 1.45. The Labute approximate surface area is 121 Å². The van der Waals surface area contributed by atoms with Crippen LogP contribution in [-0.4, -0.2) is 24.4 Å². The highest BCUT2D eigenvalue weighted by atomic mass is 79.9. The second-order valence-corrected chi connectivity index (χ2v) is 4.79. The molecule has 6 heteroatoms. The highest BCUT2D eigenvalue weighted by Gasteiger charge is 2.11. The Bertz CT molecular complexity index is 404. The Morgan fingerprint density at radius 1 is 1.50 bits per heavy atom. The van der Waals surface area contributed by atoms with E-state index in [1.807, 2.05) is 0 Å². The molecule has 0 unspecified atom stereocenters. The van der Waals surface area contributed by atoms with Crippen LogP contribution in [0.25, 0.3) is 0 Å². The van der Waals surface area contributed by atoms with Crippen molar-refractivity contribution in [2.45, 2.75) is 19.4 Å². The van der Waals surface area contributed by atoms with E-state index in [1.165, 1.54) is 11.0 Å². The van der Waals surface area contributed by atoms with Crippen molar-refractivity contribution in [3.63, 3.8) is 0 Å². The van der Waals surface area contributed by atoms with Gasteiger partial charge in [0.25, 0.3) is 0 Å². The van der Waals surface area contributed by atoms with Crippen molar-refractivity contribution < 1.29 is 9.18 Å². The lowest BCUT2D eigenvalue weighted by Crippen LogP contribution is -2.26. The van der Waals surface area contributed by atoms with Crippen molar-refractivity contribution in [2.75, 3.05) is 13.6 Å². The Morgan fingerprint density at radius 2 is 2.17 bits per heavy atom. The molecule has 3 nitrogen and oxygen atoms in total. The molecule has 0 radical (unpaired) electrons. The minimum Gasteiger partial charge on any atom is -0.341 e. The van der Waals surface area contributed by atoms with Crippen LogP contribution in [0, 0.1) is 5.82 Å². The first-order valence-electron chi connectivity index (χ1n) is 5.42. The van der Waals surface area contributed by atoms with E-state index in [2.05, 4.69) is 15.9 Å². The van der Waals surface area contributed by atoms with Crippen molar-refractivity contribution >= 4 is 34.2 Å². The fraction of sp³-hybridized carbons (Fsp3) is 0.417. The number of nitrogens with two attached hydrogens (primary N) is 1. The molecule has 0 saturated heterocycles. The Balaban J connectivity index is 0.00000289. The van der Waals surface area contributed by atoms with Gasteiger partial charge < -0.3 is 10.6 Å². The first kappa shape index (κ1) is 17.4. The summed E-state index contributed by atoms with van der Waals surface area (Å²) < 4.78 is 14.3.